The van der Waals surface area contributed by atoms with E-state index < -0.39 is 5.82 Å². The fourth-order valence-corrected chi connectivity index (χ4v) is 3.81. The first-order valence-electron chi connectivity index (χ1n) is 7.39. The van der Waals surface area contributed by atoms with Gasteiger partial charge in [-0.2, -0.15) is 0 Å². The summed E-state index contributed by atoms with van der Waals surface area (Å²) < 4.78 is 14.2. The summed E-state index contributed by atoms with van der Waals surface area (Å²) in [6.07, 6.45) is 1.89. The van der Waals surface area contributed by atoms with Crippen molar-refractivity contribution in [2.45, 2.75) is 5.92 Å². The Kier molecular flexibility index (Phi) is 3.43. The smallest absolute Gasteiger partial charge is 0.193 e. The highest BCUT2D eigenvalue weighted by Crippen LogP contribution is 2.43. The van der Waals surface area contributed by atoms with E-state index in [-0.39, 0.29) is 17.3 Å². The van der Waals surface area contributed by atoms with E-state index >= 15 is 0 Å². The predicted molar refractivity (Wildman–Crippen MR) is 91.3 cm³/mol. The van der Waals surface area contributed by atoms with Crippen LogP contribution in [-0.4, -0.2) is 5.78 Å². The van der Waals surface area contributed by atoms with Crippen LogP contribution in [0.25, 0.3) is 6.08 Å². The van der Waals surface area contributed by atoms with Gasteiger partial charge in [0.2, 0.25) is 0 Å². The van der Waals surface area contributed by atoms with Crippen molar-refractivity contribution in [2.24, 2.45) is 0 Å². The molecule has 1 heterocycles. The van der Waals surface area contributed by atoms with Gasteiger partial charge in [0.1, 0.15) is 5.82 Å². The van der Waals surface area contributed by atoms with Gasteiger partial charge in [0.15, 0.2) is 5.78 Å². The van der Waals surface area contributed by atoms with Gasteiger partial charge in [-0.05, 0) is 34.7 Å². The molecule has 0 spiro atoms. The lowest BCUT2D eigenvalue weighted by Gasteiger charge is -2.13. The normalized spacial score (nSPS) is 18.4. The quantitative estimate of drug-likeness (QED) is 0.586. The molecule has 1 aliphatic rings. The van der Waals surface area contributed by atoms with Crippen LogP contribution >= 0.6 is 11.3 Å². The number of rotatable bonds is 2. The molecule has 1 unspecified atom stereocenters. The van der Waals surface area contributed by atoms with E-state index in [9.17, 15) is 9.18 Å². The predicted octanol–water partition coefficient (Wildman–Crippen LogP) is 5.30. The third-order valence-corrected chi connectivity index (χ3v) is 4.95. The maximum Gasteiger partial charge on any atom is 0.193 e. The van der Waals surface area contributed by atoms with Gasteiger partial charge in [0.25, 0.3) is 0 Å². The lowest BCUT2D eigenvalue weighted by molar-refractivity contribution is 0.103. The molecule has 1 aromatic heterocycles. The fourth-order valence-electron chi connectivity index (χ4n) is 3.14. The van der Waals surface area contributed by atoms with E-state index in [4.69, 9.17) is 0 Å². The summed E-state index contributed by atoms with van der Waals surface area (Å²) in [4.78, 5) is 13.8. The molecule has 23 heavy (non-hydrogen) atoms. The standard InChI is InChI=1S/C20H13FOS/c21-17-10-4-9-15-18(13-6-2-1-3-7-13)16(20(22)19(15)17)12-14-8-5-11-23-14/h1-12,18H. The number of carbonyl (C=O) groups is 1. The van der Waals surface area contributed by atoms with E-state index in [2.05, 4.69) is 0 Å². The molecule has 0 N–H and O–H groups in total. The van der Waals surface area contributed by atoms with Gasteiger partial charge in [0.05, 0.1) is 5.56 Å². The Morgan fingerprint density at radius 3 is 2.52 bits per heavy atom. The highest BCUT2D eigenvalue weighted by atomic mass is 32.1. The van der Waals surface area contributed by atoms with Gasteiger partial charge >= 0.3 is 0 Å². The zero-order valence-electron chi connectivity index (χ0n) is 12.2. The van der Waals surface area contributed by atoms with Gasteiger partial charge in [-0.25, -0.2) is 4.39 Å². The summed E-state index contributed by atoms with van der Waals surface area (Å²) in [5.74, 6) is -0.861. The zero-order chi connectivity index (χ0) is 15.8. The summed E-state index contributed by atoms with van der Waals surface area (Å²) in [6, 6.07) is 18.6. The van der Waals surface area contributed by atoms with Crippen molar-refractivity contribution < 1.29 is 9.18 Å². The Hall–Kier alpha value is -2.52. The van der Waals surface area contributed by atoms with Gasteiger partial charge in [-0.3, -0.25) is 4.79 Å². The van der Waals surface area contributed by atoms with E-state index in [1.165, 1.54) is 6.07 Å². The molecule has 0 saturated carbocycles. The largest absolute Gasteiger partial charge is 0.289 e. The van der Waals surface area contributed by atoms with E-state index in [1.54, 1.807) is 17.4 Å². The molecule has 1 nitrogen and oxygen atoms in total. The average Bonchev–Trinajstić information content (AvgIpc) is 3.17. The van der Waals surface area contributed by atoms with Crippen LogP contribution in [0.1, 0.15) is 32.3 Å². The summed E-state index contributed by atoms with van der Waals surface area (Å²) in [5, 5.41) is 1.97. The molecule has 1 atom stereocenters. The Labute approximate surface area is 137 Å². The lowest BCUT2D eigenvalue weighted by atomic mass is 9.89. The first-order chi connectivity index (χ1) is 11.3. The highest BCUT2D eigenvalue weighted by Gasteiger charge is 2.37. The van der Waals surface area contributed by atoms with Crippen LogP contribution in [-0.2, 0) is 0 Å². The maximum absolute atomic E-state index is 14.2. The second-order valence-electron chi connectivity index (χ2n) is 5.49. The third-order valence-electron chi connectivity index (χ3n) is 4.13. The second-order valence-corrected chi connectivity index (χ2v) is 6.47. The zero-order valence-corrected chi connectivity index (χ0v) is 13.0. The van der Waals surface area contributed by atoms with Gasteiger partial charge in [-0.15, -0.1) is 11.3 Å². The molecule has 1 aliphatic carbocycles. The topological polar surface area (TPSA) is 17.1 Å². The first-order valence-corrected chi connectivity index (χ1v) is 8.27. The molecule has 0 bridgehead atoms. The van der Waals surface area contributed by atoms with Gasteiger partial charge in [-0.1, -0.05) is 48.5 Å². The molecule has 0 saturated heterocycles. The molecule has 0 radical (unpaired) electrons. The summed E-state index contributed by atoms with van der Waals surface area (Å²) in [6.45, 7) is 0. The van der Waals surface area contributed by atoms with Crippen molar-refractivity contribution in [3.8, 4) is 0 Å². The van der Waals surface area contributed by atoms with Crippen molar-refractivity contribution in [3.63, 3.8) is 0 Å². The van der Waals surface area contributed by atoms with Crippen LogP contribution in [0.3, 0.4) is 0 Å². The Bertz CT molecular complexity index is 895. The maximum atomic E-state index is 14.2. The molecule has 3 aromatic rings. The fraction of sp³-hybridized carbons (Fsp3) is 0.0500. The monoisotopic (exact) mass is 320 g/mol. The lowest BCUT2D eigenvalue weighted by Crippen LogP contribution is -2.02. The van der Waals surface area contributed by atoms with E-state index in [0.717, 1.165) is 16.0 Å². The van der Waals surface area contributed by atoms with Crippen molar-refractivity contribution in [1.82, 2.24) is 0 Å². The molecule has 2 aromatic carbocycles. The number of hydrogen-bond donors (Lipinski definition) is 0. The first kappa shape index (κ1) is 14.1. The summed E-state index contributed by atoms with van der Waals surface area (Å²) in [7, 11) is 0. The van der Waals surface area contributed by atoms with Crippen molar-refractivity contribution in [3.05, 3.63) is 99.0 Å². The SMILES string of the molecule is O=C1C(=Cc2cccs2)C(c2ccccc2)c2cccc(F)c21. The molecular formula is C20H13FOS. The summed E-state index contributed by atoms with van der Waals surface area (Å²) >= 11 is 1.57. The number of thiophene rings is 1. The third kappa shape index (κ3) is 2.34. The number of ketones is 1. The minimum Gasteiger partial charge on any atom is -0.289 e. The summed E-state index contributed by atoms with van der Waals surface area (Å²) in [5.41, 5.74) is 2.61. The molecule has 0 aliphatic heterocycles. The number of benzene rings is 2. The molecule has 0 amide bonds. The number of halogens is 1. The van der Waals surface area contributed by atoms with E-state index in [0.29, 0.717) is 5.57 Å². The van der Waals surface area contributed by atoms with Crippen LogP contribution in [0.4, 0.5) is 4.39 Å². The van der Waals surface area contributed by atoms with Crippen LogP contribution < -0.4 is 0 Å². The van der Waals surface area contributed by atoms with Crippen LogP contribution in [0, 0.1) is 5.82 Å². The van der Waals surface area contributed by atoms with Crippen molar-refractivity contribution >= 4 is 23.2 Å². The average molecular weight is 320 g/mol. The van der Waals surface area contributed by atoms with Crippen LogP contribution in [0.5, 0.6) is 0 Å². The number of allylic oxidation sites excluding steroid dienone is 1. The molecule has 4 rings (SSSR count). The minimum atomic E-state index is -0.442. The van der Waals surface area contributed by atoms with Crippen molar-refractivity contribution in [1.29, 1.82) is 0 Å². The van der Waals surface area contributed by atoms with Crippen LogP contribution in [0.15, 0.2) is 71.6 Å². The Morgan fingerprint density at radius 2 is 1.78 bits per heavy atom. The van der Waals surface area contributed by atoms with Crippen molar-refractivity contribution in [2.75, 3.05) is 0 Å². The molecule has 3 heteroatoms. The minimum absolute atomic E-state index is 0.208. The van der Waals surface area contributed by atoms with Gasteiger partial charge in [0, 0.05) is 16.4 Å². The van der Waals surface area contributed by atoms with Gasteiger partial charge < -0.3 is 0 Å². The second kappa shape index (κ2) is 5.60. The highest BCUT2D eigenvalue weighted by molar-refractivity contribution is 7.10. The molecule has 112 valence electrons. The number of Topliss-reactive ketones (excluding diaryl/α,β-unsaturated/α-hetero) is 1. The molecular weight excluding hydrogens is 307 g/mol. The Morgan fingerprint density at radius 1 is 0.957 bits per heavy atom. The number of fused-ring (bicyclic) bond motifs is 1. The Balaban J connectivity index is 1.95. The molecule has 0 fully saturated rings. The number of carbonyl (C=O) groups excluding carboxylic acids is 1. The van der Waals surface area contributed by atoms with Crippen LogP contribution in [0.2, 0.25) is 0 Å². The van der Waals surface area contributed by atoms with E-state index in [1.807, 2.05) is 60.0 Å². The number of hydrogen-bond acceptors (Lipinski definition) is 2.